The highest BCUT2D eigenvalue weighted by Gasteiger charge is 2.21. The normalized spacial score (nSPS) is 12.2. The van der Waals surface area contributed by atoms with E-state index in [1.807, 2.05) is 51.1 Å². The van der Waals surface area contributed by atoms with Crippen LogP contribution in [-0.4, -0.2) is 21.7 Å². The topological polar surface area (TPSA) is 60.1 Å². The van der Waals surface area contributed by atoms with Gasteiger partial charge in [0.05, 0.1) is 10.7 Å². The van der Waals surface area contributed by atoms with E-state index in [9.17, 15) is 4.79 Å². The Hall–Kier alpha value is -2.53. The molecule has 1 N–H and O–H groups in total. The predicted molar refractivity (Wildman–Crippen MR) is 98.2 cm³/mol. The van der Waals surface area contributed by atoms with Gasteiger partial charge in [-0.05, 0) is 44.5 Å². The van der Waals surface area contributed by atoms with Crippen molar-refractivity contribution in [1.82, 2.24) is 15.1 Å². The van der Waals surface area contributed by atoms with Gasteiger partial charge in [0.2, 0.25) is 0 Å². The first-order valence-corrected chi connectivity index (χ1v) is 8.60. The Morgan fingerprint density at radius 1 is 1.32 bits per heavy atom. The molecule has 2 heterocycles. The zero-order chi connectivity index (χ0) is 18.0. The zero-order valence-electron chi connectivity index (χ0n) is 14.4. The van der Waals surface area contributed by atoms with Gasteiger partial charge in [-0.15, -0.1) is 0 Å². The van der Waals surface area contributed by atoms with Gasteiger partial charge in [0, 0.05) is 12.1 Å². The van der Waals surface area contributed by atoms with E-state index >= 15 is 0 Å². The van der Waals surface area contributed by atoms with Gasteiger partial charge < -0.3 is 9.73 Å². The number of para-hydroxylation sites is 1. The van der Waals surface area contributed by atoms with Crippen LogP contribution >= 0.6 is 11.6 Å². The van der Waals surface area contributed by atoms with Crippen molar-refractivity contribution >= 4 is 17.5 Å². The second-order valence-corrected chi connectivity index (χ2v) is 6.38. The molecule has 0 fully saturated rings. The molecule has 6 heteroatoms. The summed E-state index contributed by atoms with van der Waals surface area (Å²) in [7, 11) is 0. The largest absolute Gasteiger partial charge is 0.460 e. The minimum atomic E-state index is -0.198. The highest BCUT2D eigenvalue weighted by molar-refractivity contribution is 6.32. The second-order valence-electron chi connectivity index (χ2n) is 5.97. The van der Waals surface area contributed by atoms with Crippen LogP contribution in [0.2, 0.25) is 5.02 Å². The molecule has 0 radical (unpaired) electrons. The van der Waals surface area contributed by atoms with Crippen LogP contribution in [0, 0.1) is 6.92 Å². The number of halogens is 1. The Labute approximate surface area is 151 Å². The Balaban J connectivity index is 2.09. The van der Waals surface area contributed by atoms with Gasteiger partial charge in [-0.3, -0.25) is 4.79 Å². The molecule has 3 aromatic rings. The predicted octanol–water partition coefficient (Wildman–Crippen LogP) is 4.62. The Bertz CT molecular complexity index is 898. The van der Waals surface area contributed by atoms with Crippen LogP contribution in [0.15, 0.2) is 46.9 Å². The number of hydrogen-bond acceptors (Lipinski definition) is 3. The van der Waals surface area contributed by atoms with Gasteiger partial charge in [0.1, 0.15) is 17.1 Å². The maximum Gasteiger partial charge on any atom is 0.270 e. The lowest BCUT2D eigenvalue weighted by Crippen LogP contribution is -2.33. The van der Waals surface area contributed by atoms with Gasteiger partial charge in [0.25, 0.3) is 5.91 Å². The van der Waals surface area contributed by atoms with Crippen LogP contribution in [0.5, 0.6) is 0 Å². The third-order valence-corrected chi connectivity index (χ3v) is 4.32. The van der Waals surface area contributed by atoms with E-state index in [0.29, 0.717) is 27.9 Å². The lowest BCUT2D eigenvalue weighted by atomic mass is 10.2. The first kappa shape index (κ1) is 17.3. The fraction of sp³-hybridized carbons (Fsp3) is 0.263. The van der Waals surface area contributed by atoms with E-state index in [-0.39, 0.29) is 11.9 Å². The molecule has 0 unspecified atom stereocenters. The van der Waals surface area contributed by atoms with Crippen molar-refractivity contribution in [3.8, 4) is 17.1 Å². The summed E-state index contributed by atoms with van der Waals surface area (Å²) in [6.07, 6.45) is 0.843. The van der Waals surface area contributed by atoms with Crippen molar-refractivity contribution in [1.29, 1.82) is 0 Å². The van der Waals surface area contributed by atoms with Gasteiger partial charge in [-0.25, -0.2) is 4.68 Å². The van der Waals surface area contributed by atoms with E-state index in [2.05, 4.69) is 10.4 Å². The lowest BCUT2D eigenvalue weighted by molar-refractivity contribution is 0.0931. The molecule has 25 heavy (non-hydrogen) atoms. The molecule has 1 atom stereocenters. The van der Waals surface area contributed by atoms with Crippen molar-refractivity contribution < 1.29 is 9.21 Å². The van der Waals surface area contributed by atoms with Gasteiger partial charge in [0.15, 0.2) is 5.76 Å². The van der Waals surface area contributed by atoms with Crippen molar-refractivity contribution in [2.75, 3.05) is 0 Å². The monoisotopic (exact) mass is 357 g/mol. The smallest absolute Gasteiger partial charge is 0.270 e. The van der Waals surface area contributed by atoms with Gasteiger partial charge in [-0.2, -0.15) is 5.10 Å². The highest BCUT2D eigenvalue weighted by atomic mass is 35.5. The van der Waals surface area contributed by atoms with Crippen LogP contribution in [0.25, 0.3) is 17.1 Å². The van der Waals surface area contributed by atoms with Crippen molar-refractivity contribution in [3.05, 3.63) is 58.9 Å². The maximum absolute atomic E-state index is 12.7. The summed E-state index contributed by atoms with van der Waals surface area (Å²) in [6, 6.07) is 12.8. The molecule has 5 nitrogen and oxygen atoms in total. The summed E-state index contributed by atoms with van der Waals surface area (Å²) < 4.78 is 7.21. The molecule has 0 bridgehead atoms. The average molecular weight is 358 g/mol. The Kier molecular flexibility index (Phi) is 4.95. The van der Waals surface area contributed by atoms with Crippen molar-refractivity contribution in [2.24, 2.45) is 0 Å². The molecule has 3 rings (SSSR count). The quantitative estimate of drug-likeness (QED) is 0.724. The second kappa shape index (κ2) is 7.15. The average Bonchev–Trinajstić information content (AvgIpc) is 3.21. The van der Waals surface area contributed by atoms with Crippen LogP contribution < -0.4 is 5.32 Å². The highest BCUT2D eigenvalue weighted by Crippen LogP contribution is 2.26. The molecule has 130 valence electrons. The Morgan fingerprint density at radius 3 is 2.72 bits per heavy atom. The molecule has 1 aromatic carbocycles. The number of rotatable bonds is 5. The first-order chi connectivity index (χ1) is 12.0. The molecular weight excluding hydrogens is 338 g/mol. The molecule has 0 aliphatic rings. The SMILES string of the molecule is CC[C@H](C)NC(=O)c1cc(-c2ccc(C)o2)nn1-c1ccccc1Cl. The molecule has 1 amide bonds. The van der Waals surface area contributed by atoms with Crippen LogP contribution in [0.4, 0.5) is 0 Å². The number of benzene rings is 1. The molecule has 0 aliphatic heterocycles. The number of carbonyl (C=O) groups is 1. The fourth-order valence-electron chi connectivity index (χ4n) is 2.44. The third-order valence-electron chi connectivity index (χ3n) is 4.01. The Morgan fingerprint density at radius 2 is 2.08 bits per heavy atom. The minimum absolute atomic E-state index is 0.0661. The summed E-state index contributed by atoms with van der Waals surface area (Å²) in [4.78, 5) is 12.7. The summed E-state index contributed by atoms with van der Waals surface area (Å²) in [5.74, 6) is 1.20. The number of aryl methyl sites for hydroxylation is 1. The van der Waals surface area contributed by atoms with E-state index in [0.717, 1.165) is 12.2 Å². The maximum atomic E-state index is 12.7. The van der Waals surface area contributed by atoms with E-state index < -0.39 is 0 Å². The number of aromatic nitrogens is 2. The van der Waals surface area contributed by atoms with Crippen LogP contribution in [0.3, 0.4) is 0 Å². The van der Waals surface area contributed by atoms with Crippen LogP contribution in [0.1, 0.15) is 36.5 Å². The number of amides is 1. The molecule has 0 saturated heterocycles. The molecule has 0 aliphatic carbocycles. The van der Waals surface area contributed by atoms with Crippen molar-refractivity contribution in [3.63, 3.8) is 0 Å². The molecular formula is C19H20ClN3O2. The molecule has 0 spiro atoms. The molecule has 2 aromatic heterocycles. The minimum Gasteiger partial charge on any atom is -0.460 e. The standard InChI is InChI=1S/C19H20ClN3O2/c1-4-12(2)21-19(24)17-11-15(18-10-9-13(3)25-18)22-23(17)16-8-6-5-7-14(16)20/h5-12H,4H2,1-3H3,(H,21,24)/t12-/m0/s1. The number of nitrogens with zero attached hydrogens (tertiary/aromatic N) is 2. The summed E-state index contributed by atoms with van der Waals surface area (Å²) in [5.41, 5.74) is 1.65. The first-order valence-electron chi connectivity index (χ1n) is 8.22. The summed E-state index contributed by atoms with van der Waals surface area (Å²) in [5, 5.41) is 8.05. The number of furan rings is 1. The number of carbonyl (C=O) groups excluding carboxylic acids is 1. The summed E-state index contributed by atoms with van der Waals surface area (Å²) >= 11 is 6.31. The van der Waals surface area contributed by atoms with Crippen molar-refractivity contribution in [2.45, 2.75) is 33.2 Å². The molecule has 0 saturated carbocycles. The third kappa shape index (κ3) is 3.61. The van der Waals surface area contributed by atoms with Gasteiger partial charge in [-0.1, -0.05) is 30.7 Å². The zero-order valence-corrected chi connectivity index (χ0v) is 15.2. The van der Waals surface area contributed by atoms with Crippen LogP contribution in [-0.2, 0) is 0 Å². The lowest BCUT2D eigenvalue weighted by Gasteiger charge is -2.13. The fourth-order valence-corrected chi connectivity index (χ4v) is 2.66. The number of hydrogen-bond donors (Lipinski definition) is 1. The number of nitrogens with one attached hydrogen (secondary N) is 1. The van der Waals surface area contributed by atoms with E-state index in [1.165, 1.54) is 0 Å². The summed E-state index contributed by atoms with van der Waals surface area (Å²) in [6.45, 7) is 5.85. The van der Waals surface area contributed by atoms with Gasteiger partial charge >= 0.3 is 0 Å². The van der Waals surface area contributed by atoms with E-state index in [4.69, 9.17) is 16.0 Å². The van der Waals surface area contributed by atoms with E-state index in [1.54, 1.807) is 16.8 Å².